The SMILES string of the molecule is C#Cc1cn[nH]c1.CC(C)(C)OC=O. The third-order valence-corrected chi connectivity index (χ3v) is 1.07. The van der Waals surface area contributed by atoms with E-state index in [1.54, 1.807) is 12.4 Å². The Morgan fingerprint density at radius 2 is 2.29 bits per heavy atom. The van der Waals surface area contributed by atoms with Gasteiger partial charge in [-0.05, 0) is 20.8 Å². The average molecular weight is 194 g/mol. The van der Waals surface area contributed by atoms with Gasteiger partial charge in [-0.1, -0.05) is 5.92 Å². The fourth-order valence-electron chi connectivity index (χ4n) is 0.474. The summed E-state index contributed by atoms with van der Waals surface area (Å²) in [7, 11) is 0. The number of terminal acetylenes is 1. The second-order valence-electron chi connectivity index (χ2n) is 3.46. The number of aromatic amines is 1. The number of H-pyrrole nitrogens is 1. The zero-order chi connectivity index (χ0) is 11.0. The van der Waals surface area contributed by atoms with Crippen LogP contribution in [0, 0.1) is 12.3 Å². The van der Waals surface area contributed by atoms with Gasteiger partial charge in [0.2, 0.25) is 0 Å². The number of hydrogen-bond donors (Lipinski definition) is 1. The van der Waals surface area contributed by atoms with Crippen molar-refractivity contribution >= 4 is 6.47 Å². The predicted molar refractivity (Wildman–Crippen MR) is 53.4 cm³/mol. The van der Waals surface area contributed by atoms with E-state index in [0.29, 0.717) is 6.47 Å². The van der Waals surface area contributed by atoms with Crippen LogP contribution in [0.3, 0.4) is 0 Å². The molecule has 1 rings (SSSR count). The number of hydrogen-bond acceptors (Lipinski definition) is 3. The lowest BCUT2D eigenvalue weighted by Gasteiger charge is -2.14. The first-order chi connectivity index (χ1) is 6.49. The van der Waals surface area contributed by atoms with Gasteiger partial charge >= 0.3 is 0 Å². The Morgan fingerprint density at radius 3 is 2.43 bits per heavy atom. The summed E-state index contributed by atoms with van der Waals surface area (Å²) < 4.78 is 4.55. The van der Waals surface area contributed by atoms with Crippen molar-refractivity contribution in [3.05, 3.63) is 18.0 Å². The molecular formula is C10H14N2O2. The molecule has 0 atom stereocenters. The molecule has 76 valence electrons. The van der Waals surface area contributed by atoms with Crippen LogP contribution < -0.4 is 0 Å². The minimum absolute atomic E-state index is 0.318. The molecular weight excluding hydrogens is 180 g/mol. The maximum atomic E-state index is 9.60. The monoisotopic (exact) mass is 194 g/mol. The van der Waals surface area contributed by atoms with Crippen LogP contribution in [0.25, 0.3) is 0 Å². The molecule has 0 saturated carbocycles. The Hall–Kier alpha value is -1.76. The highest BCUT2D eigenvalue weighted by Gasteiger charge is 2.07. The molecule has 0 amide bonds. The summed E-state index contributed by atoms with van der Waals surface area (Å²) in [5.41, 5.74) is 0.474. The van der Waals surface area contributed by atoms with Crippen LogP contribution in [0.15, 0.2) is 12.4 Å². The van der Waals surface area contributed by atoms with Gasteiger partial charge in [-0.2, -0.15) is 5.10 Å². The smallest absolute Gasteiger partial charge is 0.293 e. The minimum Gasteiger partial charge on any atom is -0.462 e. The van der Waals surface area contributed by atoms with Gasteiger partial charge in [-0.25, -0.2) is 0 Å². The molecule has 1 aromatic heterocycles. The number of ether oxygens (including phenoxy) is 1. The number of aromatic nitrogens is 2. The highest BCUT2D eigenvalue weighted by molar-refractivity contribution is 5.37. The molecule has 0 aliphatic heterocycles. The van der Waals surface area contributed by atoms with Gasteiger partial charge < -0.3 is 4.74 Å². The topological polar surface area (TPSA) is 55.0 Å². The number of carbonyl (C=O) groups excluding carboxylic acids is 1. The zero-order valence-electron chi connectivity index (χ0n) is 8.57. The van der Waals surface area contributed by atoms with Gasteiger partial charge in [-0.3, -0.25) is 9.89 Å². The molecule has 0 unspecified atom stereocenters. The Kier molecular flexibility index (Phi) is 5.08. The lowest BCUT2D eigenvalue weighted by molar-refractivity contribution is -0.138. The molecule has 0 fully saturated rings. The summed E-state index contributed by atoms with van der Waals surface area (Å²) in [6, 6.07) is 0. The quantitative estimate of drug-likeness (QED) is 0.542. The Balaban J connectivity index is 0.000000241. The van der Waals surface area contributed by atoms with Crippen LogP contribution in [-0.2, 0) is 9.53 Å². The summed E-state index contributed by atoms with van der Waals surface area (Å²) in [6.45, 7) is 5.92. The molecule has 0 aliphatic rings. The Bertz CT molecular complexity index is 291. The predicted octanol–water partition coefficient (Wildman–Crippen LogP) is 1.35. The summed E-state index contributed by atoms with van der Waals surface area (Å²) in [4.78, 5) is 9.60. The van der Waals surface area contributed by atoms with E-state index in [4.69, 9.17) is 6.42 Å². The second kappa shape index (κ2) is 5.81. The standard InChI is InChI=1S/C5H4N2.C5H10O2/c1-2-5-3-6-7-4-5;1-5(2,3)7-4-6/h1,3-4H,(H,6,7);4H,1-3H3. The van der Waals surface area contributed by atoms with Crippen molar-refractivity contribution in [3.63, 3.8) is 0 Å². The van der Waals surface area contributed by atoms with Crippen LogP contribution in [0.5, 0.6) is 0 Å². The lowest BCUT2D eigenvalue weighted by Crippen LogP contribution is -2.17. The molecule has 1 aromatic rings. The maximum absolute atomic E-state index is 9.60. The first-order valence-corrected chi connectivity index (χ1v) is 4.06. The molecule has 0 radical (unpaired) electrons. The maximum Gasteiger partial charge on any atom is 0.293 e. The minimum atomic E-state index is -0.318. The highest BCUT2D eigenvalue weighted by atomic mass is 16.5. The van der Waals surface area contributed by atoms with Gasteiger partial charge in [0.05, 0.1) is 11.8 Å². The van der Waals surface area contributed by atoms with Crippen LogP contribution in [0.2, 0.25) is 0 Å². The van der Waals surface area contributed by atoms with Crippen molar-refractivity contribution in [2.45, 2.75) is 26.4 Å². The van der Waals surface area contributed by atoms with E-state index >= 15 is 0 Å². The van der Waals surface area contributed by atoms with Crippen molar-refractivity contribution in [2.24, 2.45) is 0 Å². The van der Waals surface area contributed by atoms with Crippen molar-refractivity contribution in [3.8, 4) is 12.3 Å². The van der Waals surface area contributed by atoms with Gasteiger partial charge in [0.15, 0.2) is 0 Å². The summed E-state index contributed by atoms with van der Waals surface area (Å²) >= 11 is 0. The normalized spacial score (nSPS) is 9.29. The number of rotatable bonds is 1. The molecule has 0 aromatic carbocycles. The summed E-state index contributed by atoms with van der Waals surface area (Å²) in [6.07, 6.45) is 8.25. The van der Waals surface area contributed by atoms with E-state index in [1.807, 2.05) is 20.8 Å². The van der Waals surface area contributed by atoms with Gasteiger partial charge in [0.1, 0.15) is 5.60 Å². The third kappa shape index (κ3) is 6.92. The molecule has 4 nitrogen and oxygen atoms in total. The van der Waals surface area contributed by atoms with Crippen LogP contribution >= 0.6 is 0 Å². The lowest BCUT2D eigenvalue weighted by atomic mass is 10.2. The summed E-state index contributed by atoms with van der Waals surface area (Å²) in [5, 5.41) is 6.21. The summed E-state index contributed by atoms with van der Waals surface area (Å²) in [5.74, 6) is 2.41. The number of carbonyl (C=O) groups is 1. The zero-order valence-corrected chi connectivity index (χ0v) is 8.57. The molecule has 0 saturated heterocycles. The van der Waals surface area contributed by atoms with Crippen LogP contribution in [0.1, 0.15) is 26.3 Å². The van der Waals surface area contributed by atoms with E-state index in [0.717, 1.165) is 5.56 Å². The van der Waals surface area contributed by atoms with Gasteiger partial charge in [0.25, 0.3) is 6.47 Å². The Labute approximate surface area is 83.7 Å². The molecule has 14 heavy (non-hydrogen) atoms. The first kappa shape index (κ1) is 12.2. The molecule has 4 heteroatoms. The van der Waals surface area contributed by atoms with Crippen LogP contribution in [-0.4, -0.2) is 22.3 Å². The fraction of sp³-hybridized carbons (Fsp3) is 0.400. The average Bonchev–Trinajstić information content (AvgIpc) is 2.54. The van der Waals surface area contributed by atoms with E-state index in [2.05, 4.69) is 20.9 Å². The second-order valence-corrected chi connectivity index (χ2v) is 3.46. The van der Waals surface area contributed by atoms with E-state index < -0.39 is 0 Å². The van der Waals surface area contributed by atoms with Gasteiger partial charge in [0, 0.05) is 6.20 Å². The molecule has 0 bridgehead atoms. The molecule has 0 aliphatic carbocycles. The van der Waals surface area contributed by atoms with Crippen LogP contribution in [0.4, 0.5) is 0 Å². The van der Waals surface area contributed by atoms with E-state index in [1.165, 1.54) is 0 Å². The van der Waals surface area contributed by atoms with Crippen molar-refractivity contribution < 1.29 is 9.53 Å². The number of nitrogens with zero attached hydrogens (tertiary/aromatic N) is 1. The van der Waals surface area contributed by atoms with Crippen molar-refractivity contribution in [2.75, 3.05) is 0 Å². The Morgan fingerprint density at radius 1 is 1.64 bits per heavy atom. The fourth-order valence-corrected chi connectivity index (χ4v) is 0.474. The van der Waals surface area contributed by atoms with Crippen molar-refractivity contribution in [1.82, 2.24) is 10.2 Å². The molecule has 0 spiro atoms. The van der Waals surface area contributed by atoms with E-state index in [-0.39, 0.29) is 5.60 Å². The largest absolute Gasteiger partial charge is 0.462 e. The molecule has 1 heterocycles. The number of nitrogens with one attached hydrogen (secondary N) is 1. The molecule has 1 N–H and O–H groups in total. The van der Waals surface area contributed by atoms with E-state index in [9.17, 15) is 4.79 Å². The highest BCUT2D eigenvalue weighted by Crippen LogP contribution is 2.02. The first-order valence-electron chi connectivity index (χ1n) is 4.06. The third-order valence-electron chi connectivity index (χ3n) is 1.07. The van der Waals surface area contributed by atoms with Gasteiger partial charge in [-0.15, -0.1) is 6.42 Å². The van der Waals surface area contributed by atoms with Crippen molar-refractivity contribution in [1.29, 1.82) is 0 Å².